The number of aromatic nitrogens is 1. The van der Waals surface area contributed by atoms with Crippen molar-refractivity contribution in [1.82, 2.24) is 9.29 Å². The Morgan fingerprint density at radius 2 is 1.78 bits per heavy atom. The molecule has 1 aromatic heterocycles. The number of piperidine rings is 1. The van der Waals surface area contributed by atoms with E-state index in [0.717, 1.165) is 18.7 Å². The molecule has 0 amide bonds. The summed E-state index contributed by atoms with van der Waals surface area (Å²) < 4.78 is 38.0. The van der Waals surface area contributed by atoms with Crippen molar-refractivity contribution in [1.29, 1.82) is 0 Å². The largest absolute Gasteiger partial charge is 0.493 e. The average molecular weight is 391 g/mol. The van der Waals surface area contributed by atoms with Gasteiger partial charge < -0.3 is 14.4 Å². The van der Waals surface area contributed by atoms with Crippen LogP contribution in [0, 0.1) is 0 Å². The standard InChI is InChI=1S/C19H25N3O4S/c1-21(19-6-4-5-11-20-19)15-9-12-22(13-10-15)27(23,24)16-7-8-17(25-2)18(14-16)26-3/h4-8,11,14-15H,9-10,12-13H2,1-3H3. The summed E-state index contributed by atoms with van der Waals surface area (Å²) in [5, 5.41) is 0. The van der Waals surface area contributed by atoms with E-state index in [1.54, 1.807) is 18.3 Å². The summed E-state index contributed by atoms with van der Waals surface area (Å²) in [4.78, 5) is 6.72. The second kappa shape index (κ2) is 8.14. The molecule has 0 atom stereocenters. The van der Waals surface area contributed by atoms with Gasteiger partial charge in [0.2, 0.25) is 10.0 Å². The Morgan fingerprint density at radius 1 is 1.07 bits per heavy atom. The Labute approximate surface area is 160 Å². The molecule has 0 spiro atoms. The molecular weight excluding hydrogens is 366 g/mol. The van der Waals surface area contributed by atoms with Gasteiger partial charge in [-0.1, -0.05) is 6.07 Å². The van der Waals surface area contributed by atoms with Gasteiger partial charge in [0.15, 0.2) is 11.5 Å². The van der Waals surface area contributed by atoms with Crippen molar-refractivity contribution in [2.75, 3.05) is 39.3 Å². The predicted octanol–water partition coefficient (Wildman–Crippen LogP) is 2.39. The van der Waals surface area contributed by atoms with Crippen molar-refractivity contribution in [3.05, 3.63) is 42.6 Å². The Morgan fingerprint density at radius 3 is 2.37 bits per heavy atom. The molecule has 0 radical (unpaired) electrons. The summed E-state index contributed by atoms with van der Waals surface area (Å²) >= 11 is 0. The van der Waals surface area contributed by atoms with E-state index in [1.165, 1.54) is 24.6 Å². The maximum Gasteiger partial charge on any atom is 0.243 e. The van der Waals surface area contributed by atoms with Gasteiger partial charge in [0.1, 0.15) is 5.82 Å². The summed E-state index contributed by atoms with van der Waals surface area (Å²) in [7, 11) is 1.45. The quantitative estimate of drug-likeness (QED) is 0.753. The van der Waals surface area contributed by atoms with Crippen LogP contribution in [0.25, 0.3) is 0 Å². The van der Waals surface area contributed by atoms with Crippen LogP contribution in [0.4, 0.5) is 5.82 Å². The zero-order valence-electron chi connectivity index (χ0n) is 15.8. The van der Waals surface area contributed by atoms with E-state index in [0.29, 0.717) is 24.6 Å². The van der Waals surface area contributed by atoms with Gasteiger partial charge >= 0.3 is 0 Å². The average Bonchev–Trinajstić information content (AvgIpc) is 2.73. The topological polar surface area (TPSA) is 72.0 Å². The van der Waals surface area contributed by atoms with Crippen LogP contribution in [0.5, 0.6) is 11.5 Å². The van der Waals surface area contributed by atoms with Gasteiger partial charge in [-0.3, -0.25) is 0 Å². The number of anilines is 1. The number of hydrogen-bond acceptors (Lipinski definition) is 6. The maximum absolute atomic E-state index is 13.0. The number of benzene rings is 1. The van der Waals surface area contributed by atoms with Crippen LogP contribution in [-0.4, -0.2) is 58.1 Å². The van der Waals surface area contributed by atoms with Crippen LogP contribution in [0.2, 0.25) is 0 Å². The van der Waals surface area contributed by atoms with Gasteiger partial charge in [0.25, 0.3) is 0 Å². The summed E-state index contributed by atoms with van der Waals surface area (Å²) in [6.07, 6.45) is 3.27. The first-order valence-electron chi connectivity index (χ1n) is 8.83. The van der Waals surface area contributed by atoms with Gasteiger partial charge in [-0.25, -0.2) is 13.4 Å². The molecule has 146 valence electrons. The van der Waals surface area contributed by atoms with Gasteiger partial charge in [-0.2, -0.15) is 4.31 Å². The fourth-order valence-corrected chi connectivity index (χ4v) is 4.83. The van der Waals surface area contributed by atoms with E-state index in [-0.39, 0.29) is 10.9 Å². The lowest BCUT2D eigenvalue weighted by Crippen LogP contribution is -2.45. The second-order valence-electron chi connectivity index (χ2n) is 6.45. The third-order valence-corrected chi connectivity index (χ3v) is 6.87. The first-order chi connectivity index (χ1) is 13.0. The third kappa shape index (κ3) is 4.01. The minimum absolute atomic E-state index is 0.219. The minimum atomic E-state index is -3.57. The summed E-state index contributed by atoms with van der Waals surface area (Å²) in [6, 6.07) is 10.8. The molecule has 0 unspecified atom stereocenters. The van der Waals surface area contributed by atoms with Crippen molar-refractivity contribution in [3.8, 4) is 11.5 Å². The zero-order valence-corrected chi connectivity index (χ0v) is 16.6. The van der Waals surface area contributed by atoms with E-state index < -0.39 is 10.0 Å². The lowest BCUT2D eigenvalue weighted by Gasteiger charge is -2.36. The van der Waals surface area contributed by atoms with Gasteiger partial charge in [0, 0.05) is 38.4 Å². The van der Waals surface area contributed by atoms with Crippen LogP contribution in [0.15, 0.2) is 47.5 Å². The van der Waals surface area contributed by atoms with E-state index in [9.17, 15) is 8.42 Å². The lowest BCUT2D eigenvalue weighted by atomic mass is 10.1. The normalized spacial score (nSPS) is 16.1. The second-order valence-corrected chi connectivity index (χ2v) is 8.39. The van der Waals surface area contributed by atoms with Crippen molar-refractivity contribution in [2.45, 2.75) is 23.8 Å². The fraction of sp³-hybridized carbons (Fsp3) is 0.421. The molecule has 0 bridgehead atoms. The number of rotatable bonds is 6. The Bertz CT molecular complexity index is 866. The first kappa shape index (κ1) is 19.4. The van der Waals surface area contributed by atoms with Gasteiger partial charge in [-0.05, 0) is 37.1 Å². The molecule has 3 rings (SSSR count). The minimum Gasteiger partial charge on any atom is -0.493 e. The van der Waals surface area contributed by atoms with Crippen molar-refractivity contribution < 1.29 is 17.9 Å². The Balaban J connectivity index is 1.71. The third-order valence-electron chi connectivity index (χ3n) is 4.97. The van der Waals surface area contributed by atoms with Gasteiger partial charge in [-0.15, -0.1) is 0 Å². The summed E-state index contributed by atoms with van der Waals surface area (Å²) in [5.41, 5.74) is 0. The van der Waals surface area contributed by atoms with Gasteiger partial charge in [0.05, 0.1) is 19.1 Å². The molecule has 1 saturated heterocycles. The summed E-state index contributed by atoms with van der Waals surface area (Å²) in [6.45, 7) is 0.942. The molecular formula is C19H25N3O4S. The van der Waals surface area contributed by atoms with Crippen molar-refractivity contribution in [2.24, 2.45) is 0 Å². The molecule has 2 heterocycles. The number of methoxy groups -OCH3 is 2. The van der Waals surface area contributed by atoms with Crippen LogP contribution >= 0.6 is 0 Å². The number of pyridine rings is 1. The summed E-state index contributed by atoms with van der Waals surface area (Å²) in [5.74, 6) is 1.81. The molecule has 0 aliphatic carbocycles. The van der Waals surface area contributed by atoms with E-state index >= 15 is 0 Å². The smallest absolute Gasteiger partial charge is 0.243 e. The molecule has 27 heavy (non-hydrogen) atoms. The maximum atomic E-state index is 13.0. The van der Waals surface area contributed by atoms with Crippen molar-refractivity contribution in [3.63, 3.8) is 0 Å². The van der Waals surface area contributed by atoms with E-state index in [1.807, 2.05) is 25.2 Å². The number of nitrogens with zero attached hydrogens (tertiary/aromatic N) is 3. The predicted molar refractivity (Wildman–Crippen MR) is 104 cm³/mol. The van der Waals surface area contributed by atoms with E-state index in [2.05, 4.69) is 9.88 Å². The van der Waals surface area contributed by atoms with Crippen LogP contribution in [-0.2, 0) is 10.0 Å². The Kier molecular flexibility index (Phi) is 5.86. The molecule has 7 nitrogen and oxygen atoms in total. The molecule has 0 N–H and O–H groups in total. The highest BCUT2D eigenvalue weighted by Crippen LogP contribution is 2.32. The molecule has 1 aliphatic heterocycles. The highest BCUT2D eigenvalue weighted by molar-refractivity contribution is 7.89. The first-order valence-corrected chi connectivity index (χ1v) is 10.3. The molecule has 0 saturated carbocycles. The van der Waals surface area contributed by atoms with Crippen LogP contribution < -0.4 is 14.4 Å². The number of hydrogen-bond donors (Lipinski definition) is 0. The molecule has 2 aromatic rings. The molecule has 1 aliphatic rings. The number of sulfonamides is 1. The number of ether oxygens (including phenoxy) is 2. The Hall–Kier alpha value is -2.32. The highest BCUT2D eigenvalue weighted by atomic mass is 32.2. The SMILES string of the molecule is COc1ccc(S(=O)(=O)N2CCC(N(C)c3ccccn3)CC2)cc1OC. The lowest BCUT2D eigenvalue weighted by molar-refractivity contribution is 0.313. The fourth-order valence-electron chi connectivity index (χ4n) is 3.35. The van der Waals surface area contributed by atoms with Crippen LogP contribution in [0.1, 0.15) is 12.8 Å². The molecule has 1 fully saturated rings. The van der Waals surface area contributed by atoms with Crippen molar-refractivity contribution >= 4 is 15.8 Å². The molecule has 8 heteroatoms. The highest BCUT2D eigenvalue weighted by Gasteiger charge is 2.31. The molecule has 1 aromatic carbocycles. The zero-order chi connectivity index (χ0) is 19.4. The van der Waals surface area contributed by atoms with E-state index in [4.69, 9.17) is 9.47 Å². The van der Waals surface area contributed by atoms with Crippen LogP contribution in [0.3, 0.4) is 0 Å². The monoisotopic (exact) mass is 391 g/mol.